The Bertz CT molecular complexity index is 1250. The van der Waals surface area contributed by atoms with E-state index in [2.05, 4.69) is 15.9 Å². The van der Waals surface area contributed by atoms with Gasteiger partial charge in [0.15, 0.2) is 0 Å². The molecule has 4 aromatic rings. The summed E-state index contributed by atoms with van der Waals surface area (Å²) < 4.78 is 2.95. The van der Waals surface area contributed by atoms with Gasteiger partial charge in [-0.15, -0.1) is 0 Å². The molecule has 4 rings (SSSR count). The van der Waals surface area contributed by atoms with E-state index in [-0.39, 0.29) is 23.8 Å². The van der Waals surface area contributed by atoms with Crippen LogP contribution in [0.15, 0.2) is 112 Å². The number of hydrogen-bond acceptors (Lipinski definition) is 2. The topological polar surface area (TPSA) is 44.0 Å². The van der Waals surface area contributed by atoms with E-state index in [1.807, 2.05) is 91.0 Å². The van der Waals surface area contributed by atoms with Gasteiger partial charge in [-0.3, -0.25) is 13.9 Å². The third-order valence-electron chi connectivity index (χ3n) is 5.16. The molecule has 4 nitrogen and oxygen atoms in total. The highest BCUT2D eigenvalue weighted by Gasteiger charge is 2.21. The standard InChI is InChI=1S/C26H21BrN2O2/c27-17-16-23-19-28(26(31)29(25(23)30)18-20-10-4-1-5-11-20)24(21-12-6-2-7-13-21)22-14-8-3-9-15-22/h1-17,19,24H,18H2/b17-16+. The first-order valence-electron chi connectivity index (χ1n) is 9.95. The van der Waals surface area contributed by atoms with E-state index >= 15 is 0 Å². The molecule has 0 aliphatic rings. The maximum absolute atomic E-state index is 13.6. The molecule has 0 aliphatic heterocycles. The lowest BCUT2D eigenvalue weighted by Crippen LogP contribution is -2.42. The van der Waals surface area contributed by atoms with Crippen LogP contribution in [-0.4, -0.2) is 9.13 Å². The number of rotatable bonds is 6. The molecule has 0 atom stereocenters. The average Bonchev–Trinajstić information content (AvgIpc) is 2.82. The van der Waals surface area contributed by atoms with Crippen LogP contribution in [0.3, 0.4) is 0 Å². The van der Waals surface area contributed by atoms with E-state index < -0.39 is 0 Å². The van der Waals surface area contributed by atoms with Crippen molar-refractivity contribution in [3.8, 4) is 0 Å². The molecule has 0 spiro atoms. The van der Waals surface area contributed by atoms with Gasteiger partial charge in [-0.2, -0.15) is 0 Å². The first-order chi connectivity index (χ1) is 15.2. The predicted molar refractivity (Wildman–Crippen MR) is 129 cm³/mol. The Hall–Kier alpha value is -3.44. The van der Waals surface area contributed by atoms with E-state index in [9.17, 15) is 9.59 Å². The summed E-state index contributed by atoms with van der Waals surface area (Å²) in [5.74, 6) is 0. The van der Waals surface area contributed by atoms with Gasteiger partial charge in [0.25, 0.3) is 5.56 Å². The van der Waals surface area contributed by atoms with Crippen molar-refractivity contribution in [2.75, 3.05) is 0 Å². The maximum atomic E-state index is 13.6. The normalized spacial score (nSPS) is 11.3. The summed E-state index contributed by atoms with van der Waals surface area (Å²) in [6.45, 7) is 0.207. The highest BCUT2D eigenvalue weighted by Crippen LogP contribution is 2.25. The van der Waals surface area contributed by atoms with Crippen molar-refractivity contribution in [1.29, 1.82) is 0 Å². The van der Waals surface area contributed by atoms with Gasteiger partial charge in [-0.05, 0) is 27.8 Å². The monoisotopic (exact) mass is 472 g/mol. The smallest absolute Gasteiger partial charge is 0.288 e. The number of hydrogen-bond donors (Lipinski definition) is 0. The van der Waals surface area contributed by atoms with E-state index in [0.29, 0.717) is 5.56 Å². The Morgan fingerprint density at radius 1 is 0.774 bits per heavy atom. The molecule has 0 N–H and O–H groups in total. The Morgan fingerprint density at radius 2 is 1.29 bits per heavy atom. The molecule has 0 unspecified atom stereocenters. The predicted octanol–water partition coefficient (Wildman–Crippen LogP) is 5.06. The Kier molecular flexibility index (Phi) is 6.43. The largest absolute Gasteiger partial charge is 0.332 e. The molecule has 3 aromatic carbocycles. The summed E-state index contributed by atoms with van der Waals surface area (Å²) in [6.07, 6.45) is 3.32. The highest BCUT2D eigenvalue weighted by molar-refractivity contribution is 9.11. The lowest BCUT2D eigenvalue weighted by Gasteiger charge is -2.23. The molecule has 0 bridgehead atoms. The van der Waals surface area contributed by atoms with Gasteiger partial charge in [0.2, 0.25) is 0 Å². The molecule has 0 amide bonds. The van der Waals surface area contributed by atoms with Crippen molar-refractivity contribution >= 4 is 22.0 Å². The van der Waals surface area contributed by atoms with Crippen LogP contribution < -0.4 is 11.2 Å². The van der Waals surface area contributed by atoms with Gasteiger partial charge in [0.05, 0.1) is 18.2 Å². The van der Waals surface area contributed by atoms with E-state index in [1.54, 1.807) is 21.8 Å². The summed E-state index contributed by atoms with van der Waals surface area (Å²) in [7, 11) is 0. The minimum atomic E-state index is -0.361. The summed E-state index contributed by atoms with van der Waals surface area (Å²) in [6, 6.07) is 28.9. The van der Waals surface area contributed by atoms with E-state index in [1.165, 1.54) is 4.57 Å². The summed E-state index contributed by atoms with van der Waals surface area (Å²) in [5, 5.41) is 0. The summed E-state index contributed by atoms with van der Waals surface area (Å²) in [5.41, 5.74) is 2.59. The quantitative estimate of drug-likeness (QED) is 0.393. The molecule has 0 saturated carbocycles. The number of nitrogens with zero attached hydrogens (tertiary/aromatic N) is 2. The fourth-order valence-corrected chi connectivity index (χ4v) is 3.98. The molecule has 0 aliphatic carbocycles. The second-order valence-electron chi connectivity index (χ2n) is 7.17. The van der Waals surface area contributed by atoms with Crippen molar-refractivity contribution in [3.05, 3.63) is 145 Å². The number of halogens is 1. The lowest BCUT2D eigenvalue weighted by atomic mass is 9.98. The van der Waals surface area contributed by atoms with Crippen LogP contribution in [0.1, 0.15) is 28.3 Å². The van der Waals surface area contributed by atoms with Gasteiger partial charge in [0, 0.05) is 6.20 Å². The Morgan fingerprint density at radius 3 is 1.81 bits per heavy atom. The van der Waals surface area contributed by atoms with Crippen molar-refractivity contribution in [2.24, 2.45) is 0 Å². The fraction of sp³-hybridized carbons (Fsp3) is 0.0769. The van der Waals surface area contributed by atoms with Crippen molar-refractivity contribution < 1.29 is 0 Å². The van der Waals surface area contributed by atoms with Gasteiger partial charge in [-0.1, -0.05) is 107 Å². The molecule has 0 saturated heterocycles. The van der Waals surface area contributed by atoms with E-state index in [0.717, 1.165) is 16.7 Å². The zero-order valence-electron chi connectivity index (χ0n) is 16.8. The molecule has 154 valence electrons. The zero-order valence-corrected chi connectivity index (χ0v) is 18.4. The third kappa shape index (κ3) is 4.52. The molecular weight excluding hydrogens is 452 g/mol. The van der Waals surface area contributed by atoms with Crippen LogP contribution in [0.5, 0.6) is 0 Å². The van der Waals surface area contributed by atoms with Gasteiger partial charge >= 0.3 is 5.69 Å². The molecular formula is C26H21BrN2O2. The molecule has 0 fully saturated rings. The van der Waals surface area contributed by atoms with Crippen molar-refractivity contribution in [1.82, 2.24) is 9.13 Å². The first kappa shape index (κ1) is 20.8. The van der Waals surface area contributed by atoms with Crippen LogP contribution in [0, 0.1) is 0 Å². The third-order valence-corrected chi connectivity index (χ3v) is 5.42. The SMILES string of the molecule is O=c1c(/C=C/Br)cn(C(c2ccccc2)c2ccccc2)c(=O)n1Cc1ccccc1. The highest BCUT2D eigenvalue weighted by atomic mass is 79.9. The summed E-state index contributed by atoms with van der Waals surface area (Å²) in [4.78, 5) is 28.4. The van der Waals surface area contributed by atoms with Crippen LogP contribution >= 0.6 is 15.9 Å². The lowest BCUT2D eigenvalue weighted by molar-refractivity contribution is 0.563. The van der Waals surface area contributed by atoms with Crippen LogP contribution in [0.25, 0.3) is 6.08 Å². The molecule has 1 heterocycles. The molecule has 31 heavy (non-hydrogen) atoms. The second-order valence-corrected chi connectivity index (χ2v) is 7.70. The van der Waals surface area contributed by atoms with E-state index in [4.69, 9.17) is 0 Å². The Labute approximate surface area is 188 Å². The minimum Gasteiger partial charge on any atom is -0.288 e. The average molecular weight is 473 g/mol. The van der Waals surface area contributed by atoms with Gasteiger partial charge in [0.1, 0.15) is 0 Å². The minimum absolute atomic E-state index is 0.207. The molecule has 5 heteroatoms. The van der Waals surface area contributed by atoms with Gasteiger partial charge < -0.3 is 0 Å². The Balaban J connectivity index is 1.97. The van der Waals surface area contributed by atoms with Crippen LogP contribution in [0.2, 0.25) is 0 Å². The second kappa shape index (κ2) is 9.58. The first-order valence-corrected chi connectivity index (χ1v) is 10.9. The zero-order chi connectivity index (χ0) is 21.6. The van der Waals surface area contributed by atoms with Crippen molar-refractivity contribution in [3.63, 3.8) is 0 Å². The fourth-order valence-electron chi connectivity index (χ4n) is 3.70. The molecule has 1 aromatic heterocycles. The van der Waals surface area contributed by atoms with Crippen LogP contribution in [0.4, 0.5) is 0 Å². The summed E-state index contributed by atoms with van der Waals surface area (Å²) >= 11 is 3.27. The van der Waals surface area contributed by atoms with Gasteiger partial charge in [-0.25, -0.2) is 4.79 Å². The van der Waals surface area contributed by atoms with Crippen molar-refractivity contribution in [2.45, 2.75) is 12.6 Å². The van der Waals surface area contributed by atoms with Crippen LogP contribution in [-0.2, 0) is 6.54 Å². The maximum Gasteiger partial charge on any atom is 0.332 e. The molecule has 0 radical (unpaired) electrons. The number of benzene rings is 3. The number of aromatic nitrogens is 2.